The fourth-order valence-electron chi connectivity index (χ4n) is 13.7. The molecule has 8 aromatic carbocycles. The van der Waals surface area contributed by atoms with Crippen molar-refractivity contribution in [3.05, 3.63) is 287 Å². The quantitative estimate of drug-likeness (QED) is 0.127. The van der Waals surface area contributed by atoms with Crippen molar-refractivity contribution in [3.63, 3.8) is 0 Å². The Hall–Kier alpha value is -10.0. The van der Waals surface area contributed by atoms with Gasteiger partial charge < -0.3 is 0 Å². The molecule has 6 heteroatoms. The van der Waals surface area contributed by atoms with Gasteiger partial charge in [0.05, 0.1) is 23.8 Å². The van der Waals surface area contributed by atoms with Crippen LogP contribution in [-0.4, -0.2) is 19.9 Å². The summed E-state index contributed by atoms with van der Waals surface area (Å²) in [5.74, 6) is 1.77. The van der Waals surface area contributed by atoms with E-state index in [4.69, 9.17) is 9.97 Å². The number of aromatic nitrogens is 4. The number of fused-ring (bicyclic) bond motifs is 11. The van der Waals surface area contributed by atoms with Gasteiger partial charge in [0.2, 0.25) is 0 Å². The van der Waals surface area contributed by atoms with Crippen LogP contribution in [0.15, 0.2) is 231 Å². The first-order valence-electron chi connectivity index (χ1n) is 28.7. The Morgan fingerprint density at radius 3 is 0.964 bits per heavy atom. The highest BCUT2D eigenvalue weighted by Gasteiger charge is 2.39. The highest BCUT2D eigenvalue weighted by atomic mass is 15.2. The van der Waals surface area contributed by atoms with Gasteiger partial charge in [0.15, 0.2) is 0 Å². The summed E-state index contributed by atoms with van der Waals surface area (Å²) >= 11 is 0. The summed E-state index contributed by atoms with van der Waals surface area (Å²) in [5, 5.41) is 4.48. The highest BCUT2D eigenvalue weighted by molar-refractivity contribution is 5.99. The molecule has 4 aromatic heterocycles. The molecule has 12 aromatic rings. The zero-order valence-electron chi connectivity index (χ0n) is 47.4. The van der Waals surface area contributed by atoms with Gasteiger partial charge >= 0.3 is 0 Å². The van der Waals surface area contributed by atoms with E-state index in [-0.39, 0.29) is 16.2 Å². The van der Waals surface area contributed by atoms with Gasteiger partial charge in [-0.25, -0.2) is 9.97 Å². The number of anilines is 6. The van der Waals surface area contributed by atoms with Gasteiger partial charge in [-0.05, 0) is 160 Å². The van der Waals surface area contributed by atoms with Crippen LogP contribution in [0.5, 0.6) is 0 Å². The van der Waals surface area contributed by atoms with Crippen LogP contribution in [0.1, 0.15) is 97.2 Å². The van der Waals surface area contributed by atoms with E-state index >= 15 is 0 Å². The van der Waals surface area contributed by atoms with Gasteiger partial charge in [-0.2, -0.15) is 0 Å². The van der Waals surface area contributed by atoms with E-state index in [9.17, 15) is 0 Å². The predicted molar refractivity (Wildman–Crippen MR) is 345 cm³/mol. The lowest BCUT2D eigenvalue weighted by Gasteiger charge is -2.27. The van der Waals surface area contributed by atoms with Crippen molar-refractivity contribution in [2.75, 3.05) is 9.80 Å². The van der Waals surface area contributed by atoms with Crippen LogP contribution in [0.2, 0.25) is 0 Å². The summed E-state index contributed by atoms with van der Waals surface area (Å²) in [4.78, 5) is 23.5. The van der Waals surface area contributed by atoms with Gasteiger partial charge in [-0.3, -0.25) is 19.8 Å². The van der Waals surface area contributed by atoms with E-state index in [0.717, 1.165) is 55.9 Å². The smallest absolute Gasteiger partial charge is 0.145 e. The molecule has 0 aliphatic heterocycles. The number of hydrogen-bond donors (Lipinski definition) is 0. The molecule has 83 heavy (non-hydrogen) atoms. The Morgan fingerprint density at radius 1 is 0.301 bits per heavy atom. The minimum absolute atomic E-state index is 0.171. The van der Waals surface area contributed by atoms with Crippen molar-refractivity contribution >= 4 is 80.2 Å². The molecule has 0 spiro atoms. The highest BCUT2D eigenvalue weighted by Crippen LogP contribution is 2.54. The summed E-state index contributed by atoms with van der Waals surface area (Å²) in [6.45, 7) is 14.2. The molecule has 15 rings (SSSR count). The molecular formula is C77H60N6. The maximum absolute atomic E-state index is 4.96. The SMILES string of the molecule is CC1(C)c2cc(C=Cc3ccc4c(c3)C(C)(C)c3cc(N(c5cccnc5)c5nccc6ccccc56)ccc3-4)ccc2-c2ccc(C=Cc3ccc4c(c3)C(C)(C)c3cc(N(c5cccnc5)c5nccc6ccccc56)ccc3-4)cc21. The van der Waals surface area contributed by atoms with E-state index in [1.54, 1.807) is 0 Å². The number of nitrogens with zero attached hydrogens (tertiary/aromatic N) is 6. The van der Waals surface area contributed by atoms with Gasteiger partial charge in [-0.15, -0.1) is 0 Å². The van der Waals surface area contributed by atoms with Crippen LogP contribution in [0.3, 0.4) is 0 Å². The summed E-state index contributed by atoms with van der Waals surface area (Å²) in [5.41, 5.74) is 23.9. The molecule has 0 atom stereocenters. The Bertz CT molecular complexity index is 4360. The van der Waals surface area contributed by atoms with Crippen LogP contribution in [0.25, 0.3) is 79.2 Å². The van der Waals surface area contributed by atoms with Crippen molar-refractivity contribution in [2.24, 2.45) is 0 Å². The van der Waals surface area contributed by atoms with Crippen LogP contribution < -0.4 is 9.80 Å². The van der Waals surface area contributed by atoms with Gasteiger partial charge in [0.25, 0.3) is 0 Å². The zero-order chi connectivity index (χ0) is 56.2. The van der Waals surface area contributed by atoms with Gasteiger partial charge in [0.1, 0.15) is 11.6 Å². The van der Waals surface area contributed by atoms with Crippen LogP contribution in [-0.2, 0) is 16.2 Å². The number of hydrogen-bond acceptors (Lipinski definition) is 6. The molecule has 0 amide bonds. The van der Waals surface area contributed by atoms with E-state index < -0.39 is 0 Å². The largest absolute Gasteiger partial charge is 0.293 e. The van der Waals surface area contributed by atoms with Crippen LogP contribution in [0, 0.1) is 0 Å². The molecule has 0 N–H and O–H groups in total. The fourth-order valence-corrected chi connectivity index (χ4v) is 13.7. The van der Waals surface area contributed by atoms with E-state index in [1.807, 2.05) is 49.3 Å². The molecule has 3 aliphatic rings. The van der Waals surface area contributed by atoms with Crippen molar-refractivity contribution in [2.45, 2.75) is 57.8 Å². The molecule has 6 nitrogen and oxygen atoms in total. The van der Waals surface area contributed by atoms with Gasteiger partial charge in [-0.1, -0.05) is 199 Å². The summed E-state index contributed by atoms with van der Waals surface area (Å²) in [7, 11) is 0. The topological polar surface area (TPSA) is 58.0 Å². The second-order valence-electron chi connectivity index (χ2n) is 24.0. The number of pyridine rings is 4. The summed E-state index contributed by atoms with van der Waals surface area (Å²) in [6.07, 6.45) is 20.4. The Balaban J connectivity index is 0.671. The maximum atomic E-state index is 4.96. The first-order chi connectivity index (χ1) is 40.4. The minimum Gasteiger partial charge on any atom is -0.293 e. The van der Waals surface area contributed by atoms with E-state index in [0.29, 0.717) is 0 Å². The molecular weight excluding hydrogens is 1010 g/mol. The first-order valence-corrected chi connectivity index (χ1v) is 28.7. The molecule has 0 unspecified atom stereocenters. The van der Waals surface area contributed by atoms with E-state index in [2.05, 4.69) is 268 Å². The molecule has 398 valence electrons. The Morgan fingerprint density at radius 2 is 0.627 bits per heavy atom. The van der Waals surface area contributed by atoms with Crippen molar-refractivity contribution in [1.29, 1.82) is 0 Å². The lowest BCUT2D eigenvalue weighted by molar-refractivity contribution is 0.660. The standard InChI is InChI=1S/C77H60N6/c1-75(2)67-41-49(19-21-51-25-31-63-65-33-27-55(45-71(65)76(3,4)69(63)43-51)82(57-15-11-37-78-47-57)73-59-17-9-7-13-53(59)35-39-80-73)23-29-61(67)62-30-24-50(42-68(62)75)20-22-52-26-32-64-66-34-28-56(46-72(66)77(5,6)70(64)44-52)83(58-16-12-38-79-48-58)74-60-18-10-8-14-54(60)36-40-81-74/h7-48H,1-6H3. The van der Waals surface area contributed by atoms with Crippen LogP contribution >= 0.6 is 0 Å². The maximum Gasteiger partial charge on any atom is 0.145 e. The lowest BCUT2D eigenvalue weighted by atomic mass is 9.81. The lowest BCUT2D eigenvalue weighted by Crippen LogP contribution is -2.17. The van der Waals surface area contributed by atoms with E-state index in [1.165, 1.54) is 89.0 Å². The molecule has 0 bridgehead atoms. The predicted octanol–water partition coefficient (Wildman–Crippen LogP) is 19.8. The molecule has 4 heterocycles. The third kappa shape index (κ3) is 8.14. The van der Waals surface area contributed by atoms with Gasteiger partial charge in [0, 0.05) is 63.2 Å². The Labute approximate surface area is 485 Å². The molecule has 0 saturated carbocycles. The van der Waals surface area contributed by atoms with Crippen LogP contribution in [0.4, 0.5) is 34.4 Å². The molecule has 0 radical (unpaired) electrons. The zero-order valence-corrected chi connectivity index (χ0v) is 47.4. The average molecular weight is 1070 g/mol. The third-order valence-electron chi connectivity index (χ3n) is 18.1. The van der Waals surface area contributed by atoms with Crippen molar-refractivity contribution < 1.29 is 0 Å². The summed E-state index contributed by atoms with van der Waals surface area (Å²) < 4.78 is 0. The van der Waals surface area contributed by atoms with Crippen molar-refractivity contribution in [1.82, 2.24) is 19.9 Å². The monoisotopic (exact) mass is 1070 g/mol. The number of benzene rings is 8. The third-order valence-corrected chi connectivity index (χ3v) is 18.1. The second kappa shape index (κ2) is 19.0. The summed E-state index contributed by atoms with van der Waals surface area (Å²) in [6, 6.07) is 70.9. The Kier molecular flexibility index (Phi) is 11.5. The molecule has 3 aliphatic carbocycles. The average Bonchev–Trinajstić information content (AvgIpc) is 4.07. The fraction of sp³-hybridized carbons (Fsp3) is 0.117. The minimum atomic E-state index is -0.229. The second-order valence-corrected chi connectivity index (χ2v) is 24.0. The first kappa shape index (κ1) is 50.0. The molecule has 0 saturated heterocycles. The normalized spacial score (nSPS) is 14.6. The number of rotatable bonds is 10. The van der Waals surface area contributed by atoms with Crippen molar-refractivity contribution in [3.8, 4) is 33.4 Å². The molecule has 0 fully saturated rings.